The zero-order valence-corrected chi connectivity index (χ0v) is 44.6. The van der Waals surface area contributed by atoms with Crippen LogP contribution in [0.3, 0.4) is 0 Å². The molecule has 8 N–H and O–H groups in total. The number of carbonyl (C=O) groups excluding carboxylic acids is 1. The predicted molar refractivity (Wildman–Crippen MR) is 262 cm³/mol. The van der Waals surface area contributed by atoms with E-state index in [9.17, 15) is 30.3 Å². The lowest BCUT2D eigenvalue weighted by atomic mass is 9.77. The normalized spacial score (nSPS) is 41.4. The van der Waals surface area contributed by atoms with Crippen molar-refractivity contribution in [1.82, 2.24) is 25.3 Å². The molecule has 0 aliphatic carbocycles. The summed E-state index contributed by atoms with van der Waals surface area (Å²) in [6.45, 7) is 23.8. The Morgan fingerprint density at radius 1 is 0.942 bits per heavy atom. The van der Waals surface area contributed by atoms with Gasteiger partial charge in [-0.15, -0.1) is 0 Å². The van der Waals surface area contributed by atoms with Gasteiger partial charge in [0.1, 0.15) is 30.0 Å². The van der Waals surface area contributed by atoms with Crippen LogP contribution in [0, 0.1) is 17.8 Å². The summed E-state index contributed by atoms with van der Waals surface area (Å²) < 4.78 is 43.6. The molecule has 0 aromatic heterocycles. The summed E-state index contributed by atoms with van der Waals surface area (Å²) in [5.74, 6) is -2.75. The van der Waals surface area contributed by atoms with Crippen molar-refractivity contribution in [1.29, 1.82) is 0 Å². The Morgan fingerprint density at radius 2 is 1.57 bits per heavy atom. The maximum Gasteiger partial charge on any atom is 0.311 e. The molecule has 0 amide bonds. The highest BCUT2D eigenvalue weighted by atomic mass is 32.1. The van der Waals surface area contributed by atoms with Crippen LogP contribution < -0.4 is 10.6 Å². The molecule has 4 rings (SSSR count). The van der Waals surface area contributed by atoms with E-state index in [2.05, 4.69) is 20.4 Å². The monoisotopic (exact) mass is 1010 g/mol. The molecule has 0 saturated carbocycles. The van der Waals surface area contributed by atoms with E-state index in [0.717, 1.165) is 32.8 Å². The van der Waals surface area contributed by atoms with Gasteiger partial charge in [0.15, 0.2) is 17.7 Å². The minimum Gasteiger partial charge on any atom is -0.483 e. The number of methoxy groups -OCH3 is 1. The van der Waals surface area contributed by atoms with Crippen molar-refractivity contribution < 1.29 is 73.4 Å². The summed E-state index contributed by atoms with van der Waals surface area (Å²) in [4.78, 5) is 29.3. The second kappa shape index (κ2) is 27.9. The van der Waals surface area contributed by atoms with Crippen LogP contribution in [-0.2, 0) is 42.7 Å². The summed E-state index contributed by atoms with van der Waals surface area (Å²) in [6.07, 6.45) is -8.03. The molecule has 21 heteroatoms. The van der Waals surface area contributed by atoms with Gasteiger partial charge in [-0.2, -0.15) is 0 Å². The molecule has 0 unspecified atom stereocenters. The van der Waals surface area contributed by atoms with Gasteiger partial charge in [0, 0.05) is 77.3 Å². The lowest BCUT2D eigenvalue weighted by Crippen LogP contribution is -2.60. The van der Waals surface area contributed by atoms with Crippen molar-refractivity contribution in [3.05, 3.63) is 0 Å². The topological polar surface area (TPSA) is 254 Å². The molecule has 404 valence electrons. The number of hydrogen-bond acceptors (Lipinski definition) is 18. The molecule has 4 aliphatic rings. The second-order valence-corrected chi connectivity index (χ2v) is 21.2. The van der Waals surface area contributed by atoms with Gasteiger partial charge in [0.05, 0.1) is 54.7 Å². The zero-order valence-electron chi connectivity index (χ0n) is 43.7. The van der Waals surface area contributed by atoms with Crippen LogP contribution in [-0.4, -0.2) is 233 Å². The molecule has 0 spiro atoms. The first kappa shape index (κ1) is 61.4. The number of carboxylic acid groups (broad SMARTS) is 1. The molecule has 20 nitrogen and oxygen atoms in total. The quantitative estimate of drug-likeness (QED) is 0.0526. The van der Waals surface area contributed by atoms with E-state index in [4.69, 9.17) is 55.3 Å². The third-order valence-corrected chi connectivity index (χ3v) is 15.0. The maximum atomic E-state index is 14.5. The Hall–Kier alpha value is -1.93. The zero-order chi connectivity index (χ0) is 52.0. The first-order valence-electron chi connectivity index (χ1n) is 24.9. The van der Waals surface area contributed by atoms with E-state index in [1.54, 1.807) is 34.6 Å². The summed E-state index contributed by atoms with van der Waals surface area (Å²) in [7, 11) is 5.29. The van der Waals surface area contributed by atoms with Crippen LogP contribution in [0.5, 0.6) is 0 Å². The van der Waals surface area contributed by atoms with Crippen LogP contribution in [0.4, 0.5) is 0 Å². The first-order valence-corrected chi connectivity index (χ1v) is 25.4. The molecule has 4 aliphatic heterocycles. The minimum atomic E-state index is -1.87. The maximum absolute atomic E-state index is 14.5. The predicted octanol–water partition coefficient (Wildman–Crippen LogP) is 1.16. The van der Waals surface area contributed by atoms with Gasteiger partial charge in [-0.1, -0.05) is 20.8 Å². The van der Waals surface area contributed by atoms with Gasteiger partial charge in [-0.3, -0.25) is 19.4 Å². The number of thiocarbonyl (C=S) groups is 1. The van der Waals surface area contributed by atoms with Gasteiger partial charge < -0.3 is 79.3 Å². The average molecular weight is 1010 g/mol. The molecular formula is C48H91N5O15S. The fraction of sp³-hybridized carbons (Fsp3) is 0.938. The number of cyclic esters (lactones) is 1. The van der Waals surface area contributed by atoms with Crippen molar-refractivity contribution >= 4 is 29.8 Å². The Labute approximate surface area is 416 Å². The van der Waals surface area contributed by atoms with Gasteiger partial charge in [0.2, 0.25) is 0 Å². The first-order chi connectivity index (χ1) is 32.3. The van der Waals surface area contributed by atoms with Crippen molar-refractivity contribution in [3.63, 3.8) is 0 Å². The standard InChI is InChI=1S/C47H89N5O13S.CH2O2/c1-14-35-47(10,58)39(54)32(6)52(18-15-16-48-44(66)49-17-19-51-20-22-60-23-21-51)27-28(2)25-45(8,57)41(65-43-37(53)34(50(11)12)24-29(3)61-43)30(4)38(31(5)42(56)63-35)64-36-26-46(9,59-13)40(55)33(7)62-36;2-1-3/h28-41,43,53-55,57-58H,14-27H2,1-13H3,(H2,48,49,66);1H,(H,2,3)/t28-,29-,30+,31-,32-,33+,34+,35-,36+,37-,38+,39-,40+,41-,43+,45-,46-,47-;/m1./s1. The molecule has 0 aromatic rings. The lowest BCUT2D eigenvalue weighted by molar-refractivity contribution is -0.318. The number of esters is 1. The number of ether oxygens (including phenoxy) is 7. The molecule has 18 atom stereocenters. The largest absolute Gasteiger partial charge is 0.483 e. The van der Waals surface area contributed by atoms with E-state index in [-0.39, 0.29) is 43.8 Å². The van der Waals surface area contributed by atoms with Crippen LogP contribution in [0.15, 0.2) is 0 Å². The van der Waals surface area contributed by atoms with Crippen LogP contribution in [0.2, 0.25) is 0 Å². The number of nitrogens with one attached hydrogen (secondary N) is 2. The molecule has 69 heavy (non-hydrogen) atoms. The van der Waals surface area contributed by atoms with Crippen LogP contribution in [0.1, 0.15) is 101 Å². The number of rotatable bonds is 14. The fourth-order valence-electron chi connectivity index (χ4n) is 10.6. The Kier molecular flexibility index (Phi) is 24.8. The number of aliphatic hydroxyl groups is 5. The Balaban J connectivity index is 0.00000409. The van der Waals surface area contributed by atoms with E-state index >= 15 is 0 Å². The van der Waals surface area contributed by atoms with Crippen LogP contribution in [0.25, 0.3) is 0 Å². The highest BCUT2D eigenvalue weighted by Gasteiger charge is 2.53. The third kappa shape index (κ3) is 17.1. The molecular weight excluding hydrogens is 919 g/mol. The highest BCUT2D eigenvalue weighted by molar-refractivity contribution is 7.80. The molecule has 4 heterocycles. The van der Waals surface area contributed by atoms with Gasteiger partial charge in [-0.05, 0) is 106 Å². The molecule has 4 fully saturated rings. The summed E-state index contributed by atoms with van der Waals surface area (Å²) in [5, 5.41) is 74.0. The lowest BCUT2D eigenvalue weighted by Gasteiger charge is -2.48. The van der Waals surface area contributed by atoms with Crippen molar-refractivity contribution in [2.75, 3.05) is 80.2 Å². The van der Waals surface area contributed by atoms with Crippen molar-refractivity contribution in [3.8, 4) is 0 Å². The number of morpholine rings is 1. The molecule has 0 bridgehead atoms. The fourth-order valence-corrected chi connectivity index (χ4v) is 10.8. The SMILES string of the molecule is CC[C@H]1OC(=O)[C@H](C)[C@@H](O[C@H]2C[C@@](C)(OC)[C@@H](O)[C@H](C)O2)[C@H](C)[C@@H](O[C@@H]2O[C@H](C)C[C@H](N(C)C)[C@H]2O)[C@](C)(O)C[C@@H](C)CN(CCCNC(=S)NCCN2CCOCC2)[C@H](C)[C@@H](O)[C@]1(C)O.O=CO. The summed E-state index contributed by atoms with van der Waals surface area (Å²) in [6, 6.07) is -0.916. The number of nitrogens with zero attached hydrogens (tertiary/aromatic N) is 3. The van der Waals surface area contributed by atoms with E-state index in [1.165, 1.54) is 14.0 Å². The Morgan fingerprint density at radius 3 is 2.16 bits per heavy atom. The molecule has 4 saturated heterocycles. The van der Waals surface area contributed by atoms with Crippen molar-refractivity contribution in [2.45, 2.75) is 192 Å². The van der Waals surface area contributed by atoms with Crippen molar-refractivity contribution in [2.24, 2.45) is 17.8 Å². The van der Waals surface area contributed by atoms with Gasteiger partial charge in [-0.25, -0.2) is 0 Å². The van der Waals surface area contributed by atoms with E-state index in [1.807, 2.05) is 46.7 Å². The van der Waals surface area contributed by atoms with Crippen LogP contribution >= 0.6 is 12.2 Å². The number of hydrogen-bond donors (Lipinski definition) is 8. The number of aliphatic hydroxyl groups excluding tert-OH is 3. The number of likely N-dealkylation sites (N-methyl/N-ethyl adjacent to an activating group) is 1. The third-order valence-electron chi connectivity index (χ3n) is 14.8. The molecule has 0 radical (unpaired) electrons. The smallest absolute Gasteiger partial charge is 0.311 e. The summed E-state index contributed by atoms with van der Waals surface area (Å²) in [5.41, 5.74) is -4.54. The minimum absolute atomic E-state index is 0.115. The average Bonchev–Trinajstić information content (AvgIpc) is 3.29. The molecule has 0 aromatic carbocycles. The second-order valence-electron chi connectivity index (χ2n) is 20.8. The number of carbonyl (C=O) groups is 2. The van der Waals surface area contributed by atoms with E-state index in [0.29, 0.717) is 44.1 Å². The Bertz CT molecular complexity index is 1550. The summed E-state index contributed by atoms with van der Waals surface area (Å²) >= 11 is 5.59. The highest BCUT2D eigenvalue weighted by Crippen LogP contribution is 2.40. The van der Waals surface area contributed by atoms with Gasteiger partial charge >= 0.3 is 5.97 Å². The van der Waals surface area contributed by atoms with Gasteiger partial charge in [0.25, 0.3) is 6.47 Å². The van der Waals surface area contributed by atoms with E-state index < -0.39 is 96.0 Å².